The molecule has 0 spiro atoms. The summed E-state index contributed by atoms with van der Waals surface area (Å²) in [6.45, 7) is 6.04. The van der Waals surface area contributed by atoms with Crippen molar-refractivity contribution in [3.63, 3.8) is 0 Å². The van der Waals surface area contributed by atoms with Gasteiger partial charge < -0.3 is 10.6 Å². The largest absolute Gasteiger partial charge is 0.374 e. The van der Waals surface area contributed by atoms with E-state index in [0.717, 1.165) is 84.1 Å². The number of anilines is 1. The summed E-state index contributed by atoms with van der Waals surface area (Å²) in [6, 6.07) is 30.2. The number of aryl methyl sites for hydroxylation is 1. The Bertz CT molecular complexity index is 2450. The van der Waals surface area contributed by atoms with Crippen LogP contribution in [0.15, 0.2) is 110 Å². The van der Waals surface area contributed by atoms with E-state index in [4.69, 9.17) is 0 Å². The van der Waals surface area contributed by atoms with E-state index in [0.29, 0.717) is 30.9 Å². The molecule has 3 N–H and O–H groups in total. The molecule has 6 aromatic rings. The zero-order chi connectivity index (χ0) is 40.4. The van der Waals surface area contributed by atoms with Gasteiger partial charge in [0, 0.05) is 60.6 Å². The molecule has 4 heterocycles. The molecule has 8 rings (SSSR count). The highest BCUT2D eigenvalue weighted by Gasteiger charge is 2.27. The van der Waals surface area contributed by atoms with E-state index in [2.05, 4.69) is 73.4 Å². The number of hydrogen-bond donors (Lipinski definition) is 3. The molecule has 0 radical (unpaired) electrons. The Morgan fingerprint density at radius 1 is 0.879 bits per heavy atom. The number of piperidine rings is 2. The number of imide groups is 1. The molecule has 1 atom stereocenters. The van der Waals surface area contributed by atoms with Crippen molar-refractivity contribution in [2.24, 2.45) is 0 Å². The number of halogens is 2. The Balaban J connectivity index is 0.855. The van der Waals surface area contributed by atoms with E-state index in [9.17, 15) is 23.2 Å². The molecule has 12 heteroatoms. The van der Waals surface area contributed by atoms with Gasteiger partial charge in [-0.05, 0) is 109 Å². The molecule has 2 aromatic heterocycles. The summed E-state index contributed by atoms with van der Waals surface area (Å²) in [5.41, 5.74) is 10.3. The molecule has 3 amide bonds. The van der Waals surface area contributed by atoms with Crippen LogP contribution < -0.4 is 16.0 Å². The number of amides is 3. The third-order valence-electron chi connectivity index (χ3n) is 11.4. The van der Waals surface area contributed by atoms with Crippen LogP contribution in [0.1, 0.15) is 76.7 Å². The first-order chi connectivity index (χ1) is 28.0. The molecule has 58 heavy (non-hydrogen) atoms. The molecule has 2 fully saturated rings. The van der Waals surface area contributed by atoms with E-state index in [1.165, 1.54) is 35.4 Å². The van der Waals surface area contributed by atoms with Crippen molar-refractivity contribution >= 4 is 28.9 Å². The van der Waals surface area contributed by atoms with Crippen LogP contribution in [0.4, 0.5) is 14.5 Å². The number of likely N-dealkylation sites (tertiary alicyclic amines) is 1. The molecule has 296 valence electrons. The quantitative estimate of drug-likeness (QED) is 0.114. The molecule has 2 aliphatic rings. The Morgan fingerprint density at radius 3 is 2.29 bits per heavy atom. The Labute approximate surface area is 335 Å². The summed E-state index contributed by atoms with van der Waals surface area (Å²) >= 11 is 0. The molecular weight excluding hydrogens is 737 g/mol. The highest BCUT2D eigenvalue weighted by Crippen LogP contribution is 2.32. The van der Waals surface area contributed by atoms with Crippen molar-refractivity contribution in [1.82, 2.24) is 30.1 Å². The lowest BCUT2D eigenvalue weighted by molar-refractivity contribution is -0.133. The van der Waals surface area contributed by atoms with Crippen LogP contribution in [0.5, 0.6) is 0 Å². The van der Waals surface area contributed by atoms with Gasteiger partial charge in [-0.1, -0.05) is 60.7 Å². The summed E-state index contributed by atoms with van der Waals surface area (Å²) in [4.78, 5) is 43.5. The molecule has 10 nitrogen and oxygen atoms in total. The number of nitrogens with one attached hydrogen (secondary N) is 3. The molecule has 0 saturated carbocycles. The van der Waals surface area contributed by atoms with Crippen molar-refractivity contribution in [3.8, 4) is 22.4 Å². The topological polar surface area (TPSA) is 121 Å². The number of rotatable bonds is 11. The summed E-state index contributed by atoms with van der Waals surface area (Å²) in [6.07, 6.45) is 6.60. The van der Waals surface area contributed by atoms with Crippen LogP contribution in [0.3, 0.4) is 0 Å². The van der Waals surface area contributed by atoms with Gasteiger partial charge in [0.05, 0.1) is 11.2 Å². The number of alkyl halides is 2. The number of nitrogens with zero attached hydrogens (tertiary/aromatic N) is 4. The monoisotopic (exact) mass is 781 g/mol. The fourth-order valence-corrected chi connectivity index (χ4v) is 7.91. The molecule has 4 aromatic carbocycles. The highest BCUT2D eigenvalue weighted by molar-refractivity contribution is 6.01. The highest BCUT2D eigenvalue weighted by atomic mass is 19.3. The predicted molar refractivity (Wildman–Crippen MR) is 219 cm³/mol. The minimum Gasteiger partial charge on any atom is -0.374 e. The average Bonchev–Trinajstić information content (AvgIpc) is 3.67. The van der Waals surface area contributed by atoms with Gasteiger partial charge in [0.25, 0.3) is 11.8 Å². The van der Waals surface area contributed by atoms with Crippen molar-refractivity contribution < 1.29 is 23.2 Å². The molecule has 2 saturated heterocycles. The van der Waals surface area contributed by atoms with Crippen LogP contribution in [0, 0.1) is 6.92 Å². The second-order valence-electron chi connectivity index (χ2n) is 15.5. The molecular formula is C46H45F2N7O3. The number of carbonyl (C=O) groups excluding carboxylic acids is 3. The summed E-state index contributed by atoms with van der Waals surface area (Å²) in [7, 11) is 0. The summed E-state index contributed by atoms with van der Waals surface area (Å²) in [5, 5.41) is 13.0. The lowest BCUT2D eigenvalue weighted by Gasteiger charge is -2.32. The van der Waals surface area contributed by atoms with Crippen LogP contribution >= 0.6 is 0 Å². The first kappa shape index (κ1) is 38.6. The van der Waals surface area contributed by atoms with Crippen molar-refractivity contribution in [1.29, 1.82) is 0 Å². The minimum absolute atomic E-state index is 0.132. The number of hydrogen-bond acceptors (Lipinski definition) is 7. The first-order valence-corrected chi connectivity index (χ1v) is 19.7. The SMILES string of the molecule is Cc1cc(-c2ncnn3cc(-c4ccc(CN5CCC(c6ccc(NC7CCC(=O)NC7=O)cc6)CC5)cc4)cc23)ccc1CNC(=O)c1ccc(C(C)(F)F)cc1. The number of fused-ring (bicyclic) bond motifs is 1. The second kappa shape index (κ2) is 16.3. The van der Waals surface area contributed by atoms with Crippen molar-refractivity contribution in [3.05, 3.63) is 143 Å². The Kier molecular flexibility index (Phi) is 10.8. The maximum atomic E-state index is 13.6. The van der Waals surface area contributed by atoms with Gasteiger partial charge in [0.1, 0.15) is 12.4 Å². The van der Waals surface area contributed by atoms with Gasteiger partial charge in [-0.3, -0.25) is 24.6 Å². The van der Waals surface area contributed by atoms with Crippen LogP contribution in [0.25, 0.3) is 27.9 Å². The minimum atomic E-state index is -2.96. The van der Waals surface area contributed by atoms with Gasteiger partial charge in [-0.2, -0.15) is 5.10 Å². The molecule has 0 bridgehead atoms. The number of carbonyl (C=O) groups is 3. The fraction of sp³-hybridized carbons (Fsp3) is 0.283. The summed E-state index contributed by atoms with van der Waals surface area (Å²) in [5.74, 6) is -3.27. The van der Waals surface area contributed by atoms with Crippen molar-refractivity contribution in [2.75, 3.05) is 18.4 Å². The Hall–Kier alpha value is -6.27. The van der Waals surface area contributed by atoms with Gasteiger partial charge in [0.2, 0.25) is 11.8 Å². The zero-order valence-electron chi connectivity index (χ0n) is 32.5. The number of benzene rings is 4. The lowest BCUT2D eigenvalue weighted by Crippen LogP contribution is -2.47. The third kappa shape index (κ3) is 8.67. The van der Waals surface area contributed by atoms with Gasteiger partial charge in [0.15, 0.2) is 0 Å². The smallest absolute Gasteiger partial charge is 0.270 e. The van der Waals surface area contributed by atoms with Gasteiger partial charge in [-0.25, -0.2) is 18.3 Å². The maximum absolute atomic E-state index is 13.6. The van der Waals surface area contributed by atoms with Crippen LogP contribution in [-0.4, -0.2) is 56.4 Å². The fourth-order valence-electron chi connectivity index (χ4n) is 7.91. The third-order valence-corrected chi connectivity index (χ3v) is 11.4. The number of aromatic nitrogens is 3. The van der Waals surface area contributed by atoms with Gasteiger partial charge in [-0.15, -0.1) is 0 Å². The van der Waals surface area contributed by atoms with Gasteiger partial charge >= 0.3 is 0 Å². The van der Waals surface area contributed by atoms with E-state index in [1.807, 2.05) is 48.0 Å². The van der Waals surface area contributed by atoms with E-state index >= 15 is 0 Å². The second-order valence-corrected chi connectivity index (χ2v) is 15.5. The average molecular weight is 782 g/mol. The Morgan fingerprint density at radius 2 is 1.60 bits per heavy atom. The lowest BCUT2D eigenvalue weighted by atomic mass is 9.89. The van der Waals surface area contributed by atoms with E-state index in [-0.39, 0.29) is 29.3 Å². The maximum Gasteiger partial charge on any atom is 0.270 e. The van der Waals surface area contributed by atoms with Crippen LogP contribution in [-0.2, 0) is 28.6 Å². The predicted octanol–water partition coefficient (Wildman–Crippen LogP) is 8.01. The van der Waals surface area contributed by atoms with Crippen LogP contribution in [0.2, 0.25) is 0 Å². The molecule has 2 aliphatic heterocycles. The molecule has 0 aliphatic carbocycles. The zero-order valence-corrected chi connectivity index (χ0v) is 32.5. The summed E-state index contributed by atoms with van der Waals surface area (Å²) < 4.78 is 29.0. The van der Waals surface area contributed by atoms with E-state index in [1.54, 1.807) is 6.33 Å². The van der Waals surface area contributed by atoms with E-state index < -0.39 is 5.92 Å². The standard InChI is InChI=1S/C46H45F2N7O3/c1-29-23-35(7-8-36(29)25-49-44(57)34-9-13-38(14-10-34)46(2,47)48)43-41-24-37(27-55(41)51-28-50-43)32-5-3-30(4-6-32)26-54-21-19-33(20-22-54)31-11-15-39(16-12-31)52-40-17-18-42(56)53-45(40)58/h3-16,23-24,27-28,33,40,52H,17-22,25-26H2,1-2H3,(H,49,57)(H,53,56,58). The normalized spacial score (nSPS) is 16.7. The molecule has 1 unspecified atom stereocenters. The van der Waals surface area contributed by atoms with Crippen molar-refractivity contribution in [2.45, 2.75) is 70.5 Å². The first-order valence-electron chi connectivity index (χ1n) is 19.7.